The fourth-order valence-corrected chi connectivity index (χ4v) is 1.27. The third-order valence-electron chi connectivity index (χ3n) is 2.02. The van der Waals surface area contributed by atoms with Gasteiger partial charge in [-0.1, -0.05) is 0 Å². The van der Waals surface area contributed by atoms with E-state index in [-0.39, 0.29) is 5.69 Å². The standard InChI is InChI=1S/C11H11NO3/c1-3-4-5-9-8-10(15-2)6-7-11(9)12(13)14/h1,6-8H,4-5H2,2H3. The maximum absolute atomic E-state index is 10.7. The molecule has 4 nitrogen and oxygen atoms in total. The summed E-state index contributed by atoms with van der Waals surface area (Å²) in [6.45, 7) is 0. The summed E-state index contributed by atoms with van der Waals surface area (Å²) in [4.78, 5) is 10.3. The predicted octanol–water partition coefficient (Wildman–Crippen LogP) is 2.17. The molecule has 0 atom stereocenters. The average Bonchev–Trinajstić information content (AvgIpc) is 2.25. The van der Waals surface area contributed by atoms with E-state index in [1.807, 2.05) is 0 Å². The number of ether oxygens (including phenoxy) is 1. The minimum absolute atomic E-state index is 0.0889. The molecule has 0 heterocycles. The minimum Gasteiger partial charge on any atom is -0.497 e. The molecule has 0 amide bonds. The molecule has 0 fully saturated rings. The predicted molar refractivity (Wildman–Crippen MR) is 56.8 cm³/mol. The average molecular weight is 205 g/mol. The second kappa shape index (κ2) is 5.01. The topological polar surface area (TPSA) is 52.4 Å². The number of hydrogen-bond acceptors (Lipinski definition) is 3. The van der Waals surface area contributed by atoms with Crippen LogP contribution in [-0.4, -0.2) is 12.0 Å². The number of aryl methyl sites for hydroxylation is 1. The molecule has 1 rings (SSSR count). The molecule has 0 aliphatic heterocycles. The first kappa shape index (κ1) is 11.1. The van der Waals surface area contributed by atoms with Crippen molar-refractivity contribution >= 4 is 5.69 Å². The van der Waals surface area contributed by atoms with Crippen LogP contribution in [0.5, 0.6) is 5.75 Å². The molecule has 15 heavy (non-hydrogen) atoms. The van der Waals surface area contributed by atoms with Crippen LogP contribution in [0.1, 0.15) is 12.0 Å². The lowest BCUT2D eigenvalue weighted by molar-refractivity contribution is -0.385. The molecule has 1 aromatic rings. The van der Waals surface area contributed by atoms with Gasteiger partial charge in [0, 0.05) is 18.1 Å². The lowest BCUT2D eigenvalue weighted by atomic mass is 10.1. The van der Waals surface area contributed by atoms with Crippen molar-refractivity contribution in [2.24, 2.45) is 0 Å². The van der Waals surface area contributed by atoms with Gasteiger partial charge < -0.3 is 4.74 Å². The maximum atomic E-state index is 10.7. The second-order valence-corrected chi connectivity index (χ2v) is 2.96. The SMILES string of the molecule is C#CCCc1cc(OC)ccc1[N+](=O)[O-]. The zero-order valence-electron chi connectivity index (χ0n) is 8.40. The van der Waals surface area contributed by atoms with E-state index in [1.54, 1.807) is 12.1 Å². The fourth-order valence-electron chi connectivity index (χ4n) is 1.27. The van der Waals surface area contributed by atoms with Crippen molar-refractivity contribution in [1.82, 2.24) is 0 Å². The van der Waals surface area contributed by atoms with Gasteiger partial charge in [-0.15, -0.1) is 12.3 Å². The van der Waals surface area contributed by atoms with E-state index in [2.05, 4.69) is 5.92 Å². The number of terminal acetylenes is 1. The molecule has 4 heteroatoms. The van der Waals surface area contributed by atoms with E-state index < -0.39 is 4.92 Å². The highest BCUT2D eigenvalue weighted by molar-refractivity contribution is 5.45. The summed E-state index contributed by atoms with van der Waals surface area (Å²) in [6.07, 6.45) is 6.09. The molecule has 0 radical (unpaired) electrons. The van der Waals surface area contributed by atoms with Gasteiger partial charge in [-0.2, -0.15) is 0 Å². The molecule has 0 aliphatic carbocycles. The number of benzene rings is 1. The van der Waals surface area contributed by atoms with Crippen LogP contribution in [0.2, 0.25) is 0 Å². The van der Waals surface area contributed by atoms with Crippen molar-refractivity contribution in [3.63, 3.8) is 0 Å². The summed E-state index contributed by atoms with van der Waals surface area (Å²) in [5.41, 5.74) is 0.698. The van der Waals surface area contributed by atoms with Crippen LogP contribution in [0.4, 0.5) is 5.69 Å². The van der Waals surface area contributed by atoms with Gasteiger partial charge in [0.15, 0.2) is 0 Å². The largest absolute Gasteiger partial charge is 0.497 e. The Labute approximate surface area is 88.0 Å². The molecule has 0 saturated heterocycles. The highest BCUT2D eigenvalue weighted by Gasteiger charge is 2.13. The third-order valence-corrected chi connectivity index (χ3v) is 2.02. The van der Waals surface area contributed by atoms with E-state index >= 15 is 0 Å². The molecule has 0 aliphatic rings. The highest BCUT2D eigenvalue weighted by Crippen LogP contribution is 2.24. The molecule has 0 saturated carbocycles. The second-order valence-electron chi connectivity index (χ2n) is 2.96. The Kier molecular flexibility index (Phi) is 3.69. The van der Waals surface area contributed by atoms with E-state index in [0.29, 0.717) is 24.2 Å². The lowest BCUT2D eigenvalue weighted by Gasteiger charge is -2.04. The lowest BCUT2D eigenvalue weighted by Crippen LogP contribution is -1.96. The highest BCUT2D eigenvalue weighted by atomic mass is 16.6. The summed E-state index contributed by atoms with van der Waals surface area (Å²) >= 11 is 0. The third kappa shape index (κ3) is 2.71. The smallest absolute Gasteiger partial charge is 0.272 e. The quantitative estimate of drug-likeness (QED) is 0.430. The molecule has 78 valence electrons. The van der Waals surface area contributed by atoms with Crippen molar-refractivity contribution in [3.05, 3.63) is 33.9 Å². The number of hydrogen-bond donors (Lipinski definition) is 0. The Hall–Kier alpha value is -2.02. The summed E-state index contributed by atoms with van der Waals surface area (Å²) in [5, 5.41) is 10.7. The van der Waals surface area contributed by atoms with Gasteiger partial charge in [0.2, 0.25) is 0 Å². The van der Waals surface area contributed by atoms with E-state index in [9.17, 15) is 10.1 Å². The molecule has 0 aromatic heterocycles. The zero-order valence-corrected chi connectivity index (χ0v) is 8.40. The first-order valence-electron chi connectivity index (χ1n) is 4.43. The van der Waals surface area contributed by atoms with E-state index in [1.165, 1.54) is 13.2 Å². The van der Waals surface area contributed by atoms with Crippen LogP contribution in [0.15, 0.2) is 18.2 Å². The van der Waals surface area contributed by atoms with Crippen LogP contribution in [0.25, 0.3) is 0 Å². The summed E-state index contributed by atoms with van der Waals surface area (Å²) in [6, 6.07) is 4.65. The van der Waals surface area contributed by atoms with Crippen molar-refractivity contribution in [1.29, 1.82) is 0 Å². The summed E-state index contributed by atoms with van der Waals surface area (Å²) < 4.78 is 5.00. The van der Waals surface area contributed by atoms with Gasteiger partial charge in [0.1, 0.15) is 5.75 Å². The Bertz CT molecular complexity index is 407. The maximum Gasteiger partial charge on any atom is 0.272 e. The van der Waals surface area contributed by atoms with Gasteiger partial charge in [0.05, 0.1) is 12.0 Å². The van der Waals surface area contributed by atoms with Gasteiger partial charge in [0.25, 0.3) is 5.69 Å². The first-order chi connectivity index (χ1) is 7.19. The Morgan fingerprint density at radius 2 is 2.33 bits per heavy atom. The van der Waals surface area contributed by atoms with Crippen LogP contribution in [0, 0.1) is 22.5 Å². The molecular weight excluding hydrogens is 194 g/mol. The Morgan fingerprint density at radius 3 is 2.87 bits per heavy atom. The van der Waals surface area contributed by atoms with Crippen LogP contribution < -0.4 is 4.74 Å². The number of nitro groups is 1. The van der Waals surface area contributed by atoms with Crippen molar-refractivity contribution in [2.75, 3.05) is 7.11 Å². The number of rotatable bonds is 4. The van der Waals surface area contributed by atoms with Gasteiger partial charge >= 0.3 is 0 Å². The zero-order chi connectivity index (χ0) is 11.3. The summed E-state index contributed by atoms with van der Waals surface area (Å²) in [5.74, 6) is 3.06. The van der Waals surface area contributed by atoms with Gasteiger partial charge in [-0.25, -0.2) is 0 Å². The molecule has 0 N–H and O–H groups in total. The normalized spacial score (nSPS) is 9.33. The number of nitrogens with zero attached hydrogens (tertiary/aromatic N) is 1. The molecule has 1 aromatic carbocycles. The minimum atomic E-state index is -0.411. The molecule has 0 bridgehead atoms. The summed E-state index contributed by atoms with van der Waals surface area (Å²) in [7, 11) is 1.52. The molecule has 0 spiro atoms. The van der Waals surface area contributed by atoms with E-state index in [0.717, 1.165) is 0 Å². The number of nitro benzene ring substituents is 1. The van der Waals surface area contributed by atoms with Crippen LogP contribution in [0.3, 0.4) is 0 Å². The number of methoxy groups -OCH3 is 1. The van der Waals surface area contributed by atoms with Crippen LogP contribution >= 0.6 is 0 Å². The van der Waals surface area contributed by atoms with Gasteiger partial charge in [-0.05, 0) is 18.6 Å². The fraction of sp³-hybridized carbons (Fsp3) is 0.273. The molecule has 0 unspecified atom stereocenters. The van der Waals surface area contributed by atoms with E-state index in [4.69, 9.17) is 11.2 Å². The Balaban J connectivity index is 3.06. The Morgan fingerprint density at radius 1 is 1.60 bits per heavy atom. The van der Waals surface area contributed by atoms with Gasteiger partial charge in [-0.3, -0.25) is 10.1 Å². The monoisotopic (exact) mass is 205 g/mol. The van der Waals surface area contributed by atoms with Crippen molar-refractivity contribution in [2.45, 2.75) is 12.8 Å². The van der Waals surface area contributed by atoms with Crippen LogP contribution in [-0.2, 0) is 6.42 Å². The van der Waals surface area contributed by atoms with Crippen molar-refractivity contribution < 1.29 is 9.66 Å². The molecular formula is C11H11NO3. The first-order valence-corrected chi connectivity index (χ1v) is 4.43. The van der Waals surface area contributed by atoms with Crippen molar-refractivity contribution in [3.8, 4) is 18.1 Å².